The van der Waals surface area contributed by atoms with Crippen LogP contribution >= 0.6 is 0 Å². The maximum atomic E-state index is 12.4. The molecule has 3 aromatic rings. The first-order valence-electron chi connectivity index (χ1n) is 9.34. The monoisotopic (exact) mass is 364 g/mol. The molecule has 27 heavy (non-hydrogen) atoms. The molecule has 0 radical (unpaired) electrons. The maximum Gasteiger partial charge on any atom is 0.343 e. The summed E-state index contributed by atoms with van der Waals surface area (Å²) >= 11 is 0. The number of hydrogen-bond acceptors (Lipinski definition) is 4. The third-order valence-electron chi connectivity index (χ3n) is 4.63. The second-order valence-corrected chi connectivity index (χ2v) is 6.37. The predicted molar refractivity (Wildman–Crippen MR) is 111 cm³/mol. The molecule has 0 saturated heterocycles. The van der Waals surface area contributed by atoms with E-state index in [2.05, 4.69) is 24.8 Å². The smallest absolute Gasteiger partial charge is 0.343 e. The van der Waals surface area contributed by atoms with Crippen molar-refractivity contribution in [2.24, 2.45) is 5.73 Å². The van der Waals surface area contributed by atoms with Crippen LogP contribution in [0.3, 0.4) is 0 Å². The van der Waals surface area contributed by atoms with Gasteiger partial charge in [0.2, 0.25) is 0 Å². The molecule has 140 valence electrons. The van der Waals surface area contributed by atoms with E-state index in [4.69, 9.17) is 10.2 Å². The molecule has 0 amide bonds. The standard InChI is InChI=1S/C22H26N3O2/c1-3-25(4-2)20-8-7-18-15-19(22(26)27-21(18)16-20)6-5-17-9-12-24(13-10-17)14-11-23/h5-10,12-13,15-16H,3-4,11,14,23H2,1-2H3/q+1. The summed E-state index contributed by atoms with van der Waals surface area (Å²) in [4.78, 5) is 14.6. The third-order valence-corrected chi connectivity index (χ3v) is 4.63. The highest BCUT2D eigenvalue weighted by Crippen LogP contribution is 2.22. The number of nitrogens with two attached hydrogens (primary N) is 1. The molecular formula is C22H26N3O2+. The highest BCUT2D eigenvalue weighted by Gasteiger charge is 2.07. The average molecular weight is 364 g/mol. The van der Waals surface area contributed by atoms with Gasteiger partial charge < -0.3 is 15.1 Å². The molecule has 0 aliphatic rings. The molecule has 1 aromatic carbocycles. The van der Waals surface area contributed by atoms with Gasteiger partial charge >= 0.3 is 5.63 Å². The molecule has 2 aromatic heterocycles. The zero-order valence-electron chi connectivity index (χ0n) is 15.9. The second-order valence-electron chi connectivity index (χ2n) is 6.37. The average Bonchev–Trinajstić information content (AvgIpc) is 2.68. The lowest BCUT2D eigenvalue weighted by Gasteiger charge is -2.20. The van der Waals surface area contributed by atoms with Gasteiger partial charge in [-0.3, -0.25) is 0 Å². The van der Waals surface area contributed by atoms with E-state index in [0.29, 0.717) is 17.7 Å². The van der Waals surface area contributed by atoms with Gasteiger partial charge in [-0.25, -0.2) is 9.36 Å². The van der Waals surface area contributed by atoms with Gasteiger partial charge in [-0.2, -0.15) is 0 Å². The summed E-state index contributed by atoms with van der Waals surface area (Å²) in [6, 6.07) is 11.9. The van der Waals surface area contributed by atoms with Gasteiger partial charge in [-0.05, 0) is 43.7 Å². The van der Waals surface area contributed by atoms with Crippen LogP contribution in [0.2, 0.25) is 0 Å². The van der Waals surface area contributed by atoms with Crippen LogP contribution in [0.25, 0.3) is 23.1 Å². The van der Waals surface area contributed by atoms with Gasteiger partial charge in [-0.15, -0.1) is 0 Å². The summed E-state index contributed by atoms with van der Waals surface area (Å²) < 4.78 is 7.58. The Morgan fingerprint density at radius 3 is 2.48 bits per heavy atom. The number of hydrogen-bond donors (Lipinski definition) is 1. The van der Waals surface area contributed by atoms with E-state index in [1.165, 1.54) is 0 Å². The fourth-order valence-corrected chi connectivity index (χ4v) is 3.08. The van der Waals surface area contributed by atoms with Crippen molar-refractivity contribution in [3.63, 3.8) is 0 Å². The molecule has 0 aliphatic carbocycles. The Bertz CT molecular complexity index is 987. The zero-order chi connectivity index (χ0) is 19.2. The predicted octanol–water partition coefficient (Wildman–Crippen LogP) is 3.06. The van der Waals surface area contributed by atoms with Crippen molar-refractivity contribution in [3.05, 3.63) is 70.3 Å². The van der Waals surface area contributed by atoms with Crippen LogP contribution in [0.5, 0.6) is 0 Å². The van der Waals surface area contributed by atoms with E-state index in [1.54, 1.807) is 6.08 Å². The molecule has 5 heteroatoms. The van der Waals surface area contributed by atoms with Crippen molar-refractivity contribution >= 4 is 28.8 Å². The minimum Gasteiger partial charge on any atom is -0.422 e. The highest BCUT2D eigenvalue weighted by atomic mass is 16.4. The number of rotatable bonds is 7. The third kappa shape index (κ3) is 4.44. The van der Waals surface area contributed by atoms with Gasteiger partial charge in [0.25, 0.3) is 0 Å². The lowest BCUT2D eigenvalue weighted by Crippen LogP contribution is -2.36. The Kier molecular flexibility index (Phi) is 6.04. The summed E-state index contributed by atoms with van der Waals surface area (Å²) in [6.45, 7) is 7.43. The topological polar surface area (TPSA) is 63.4 Å². The summed E-state index contributed by atoms with van der Waals surface area (Å²) in [5, 5.41) is 0.916. The minimum atomic E-state index is -0.329. The molecule has 2 heterocycles. The van der Waals surface area contributed by atoms with E-state index in [-0.39, 0.29) is 5.63 Å². The molecule has 0 bridgehead atoms. The van der Waals surface area contributed by atoms with Crippen LogP contribution in [0.1, 0.15) is 25.0 Å². The fourth-order valence-electron chi connectivity index (χ4n) is 3.08. The Balaban J connectivity index is 1.87. The number of benzene rings is 1. The Hall–Kier alpha value is -2.92. The van der Waals surface area contributed by atoms with Crippen LogP contribution in [-0.2, 0) is 6.54 Å². The minimum absolute atomic E-state index is 0.329. The quantitative estimate of drug-likeness (QED) is 0.517. The highest BCUT2D eigenvalue weighted by molar-refractivity contribution is 5.83. The Morgan fingerprint density at radius 1 is 1.07 bits per heavy atom. The van der Waals surface area contributed by atoms with Gasteiger partial charge in [0.15, 0.2) is 18.9 Å². The Morgan fingerprint density at radius 2 is 1.81 bits per heavy atom. The first-order valence-corrected chi connectivity index (χ1v) is 9.34. The molecule has 0 aliphatic heterocycles. The molecule has 5 nitrogen and oxygen atoms in total. The SMILES string of the molecule is CCN(CC)c1ccc2cc(/C=C/c3cc[n+](CCN)cc3)c(=O)oc2c1. The number of pyridine rings is 1. The van der Waals surface area contributed by atoms with Crippen molar-refractivity contribution in [2.75, 3.05) is 24.5 Å². The van der Waals surface area contributed by atoms with E-state index in [0.717, 1.165) is 36.3 Å². The van der Waals surface area contributed by atoms with Crippen LogP contribution < -0.4 is 20.8 Å². The lowest BCUT2D eigenvalue weighted by molar-refractivity contribution is -0.694. The van der Waals surface area contributed by atoms with Crippen molar-refractivity contribution < 1.29 is 8.98 Å². The van der Waals surface area contributed by atoms with Crippen LogP contribution in [0.4, 0.5) is 5.69 Å². The van der Waals surface area contributed by atoms with Crippen molar-refractivity contribution in [2.45, 2.75) is 20.4 Å². The van der Waals surface area contributed by atoms with E-state index in [1.807, 2.05) is 53.4 Å². The summed E-state index contributed by atoms with van der Waals surface area (Å²) in [7, 11) is 0. The van der Waals surface area contributed by atoms with Crippen LogP contribution in [0.15, 0.2) is 58.0 Å². The summed E-state index contributed by atoms with van der Waals surface area (Å²) in [5.74, 6) is 0. The summed E-state index contributed by atoms with van der Waals surface area (Å²) in [6.07, 6.45) is 7.66. The molecule has 3 rings (SSSR count). The van der Waals surface area contributed by atoms with Crippen LogP contribution in [-0.4, -0.2) is 19.6 Å². The molecule has 0 fully saturated rings. The number of nitrogens with zero attached hydrogens (tertiary/aromatic N) is 2. The first-order chi connectivity index (χ1) is 13.1. The second kappa shape index (κ2) is 8.64. The van der Waals surface area contributed by atoms with E-state index >= 15 is 0 Å². The van der Waals surface area contributed by atoms with E-state index in [9.17, 15) is 4.79 Å². The van der Waals surface area contributed by atoms with Gasteiger partial charge in [0.1, 0.15) is 5.58 Å². The Labute approximate surface area is 159 Å². The normalized spacial score (nSPS) is 11.4. The van der Waals surface area contributed by atoms with Gasteiger partial charge in [-0.1, -0.05) is 6.08 Å². The van der Waals surface area contributed by atoms with Gasteiger partial charge in [0, 0.05) is 42.4 Å². The number of aromatic nitrogens is 1. The largest absolute Gasteiger partial charge is 0.422 e. The number of anilines is 1. The number of fused-ring (bicyclic) bond motifs is 1. The maximum absolute atomic E-state index is 12.4. The molecule has 0 atom stereocenters. The first kappa shape index (κ1) is 18.9. The van der Waals surface area contributed by atoms with Crippen molar-refractivity contribution in [1.29, 1.82) is 0 Å². The molecular weight excluding hydrogens is 338 g/mol. The molecule has 0 unspecified atom stereocenters. The zero-order valence-corrected chi connectivity index (χ0v) is 15.9. The molecule has 2 N–H and O–H groups in total. The van der Waals surface area contributed by atoms with E-state index < -0.39 is 0 Å². The van der Waals surface area contributed by atoms with Crippen molar-refractivity contribution in [3.8, 4) is 0 Å². The van der Waals surface area contributed by atoms with Crippen LogP contribution in [0, 0.1) is 0 Å². The van der Waals surface area contributed by atoms with Crippen molar-refractivity contribution in [1.82, 2.24) is 0 Å². The lowest BCUT2D eigenvalue weighted by atomic mass is 10.1. The molecule has 0 spiro atoms. The van der Waals surface area contributed by atoms with Gasteiger partial charge in [0.05, 0.1) is 12.1 Å². The fraction of sp³-hybridized carbons (Fsp3) is 0.273. The molecule has 0 saturated carbocycles. The summed E-state index contributed by atoms with van der Waals surface area (Å²) in [5.41, 5.74) is 8.46.